The Bertz CT molecular complexity index is 780. The molecule has 0 radical (unpaired) electrons. The summed E-state index contributed by atoms with van der Waals surface area (Å²) in [5.41, 5.74) is 3.31. The maximum absolute atomic E-state index is 9.13. The van der Waals surface area contributed by atoms with Crippen molar-refractivity contribution < 1.29 is 9.84 Å². The Kier molecular flexibility index (Phi) is 4.93. The fourth-order valence-corrected chi connectivity index (χ4v) is 2.72. The highest BCUT2D eigenvalue weighted by atomic mass is 16.5. The number of nitrogens with zero attached hydrogens (tertiary/aromatic N) is 2. The highest BCUT2D eigenvalue weighted by molar-refractivity contribution is 5.75. The first-order valence-corrected chi connectivity index (χ1v) is 8.08. The molecular formula is C19H22N2O2. The van der Waals surface area contributed by atoms with Gasteiger partial charge in [-0.3, -0.25) is 0 Å². The van der Waals surface area contributed by atoms with Crippen LogP contribution in [0, 0.1) is 0 Å². The van der Waals surface area contributed by atoms with Crippen molar-refractivity contribution in [2.45, 2.75) is 32.9 Å². The van der Waals surface area contributed by atoms with Gasteiger partial charge in [0, 0.05) is 13.2 Å². The number of hydrogen-bond acceptors (Lipinski definition) is 3. The monoisotopic (exact) mass is 310 g/mol. The van der Waals surface area contributed by atoms with E-state index in [0.717, 1.165) is 35.6 Å². The summed E-state index contributed by atoms with van der Waals surface area (Å²) in [6.07, 6.45) is 1.70. The summed E-state index contributed by atoms with van der Waals surface area (Å²) in [5, 5.41) is 9.13. The standard InChI is InChI=1S/C19H22N2O2/c1-2-15-7-5-8-16(13-15)23-14-19-20-17-9-3-4-10-18(17)21(19)11-6-12-22/h3-5,7-10,13,22H,2,6,11-12,14H2,1H3. The minimum atomic E-state index is 0.172. The van der Waals surface area contributed by atoms with Gasteiger partial charge in [0.15, 0.2) is 0 Å². The summed E-state index contributed by atoms with van der Waals surface area (Å²) in [5.74, 6) is 1.76. The third-order valence-corrected chi connectivity index (χ3v) is 3.95. The second-order valence-electron chi connectivity index (χ2n) is 5.54. The highest BCUT2D eigenvalue weighted by Crippen LogP contribution is 2.19. The first-order chi connectivity index (χ1) is 11.3. The molecule has 0 aliphatic heterocycles. The third-order valence-electron chi connectivity index (χ3n) is 3.95. The molecule has 2 aromatic carbocycles. The zero-order chi connectivity index (χ0) is 16.1. The molecule has 1 aromatic heterocycles. The van der Waals surface area contributed by atoms with Gasteiger partial charge in [-0.15, -0.1) is 0 Å². The van der Waals surface area contributed by atoms with Crippen molar-refractivity contribution in [2.75, 3.05) is 6.61 Å². The van der Waals surface area contributed by atoms with Gasteiger partial charge >= 0.3 is 0 Å². The minimum Gasteiger partial charge on any atom is -0.486 e. The van der Waals surface area contributed by atoms with E-state index in [1.807, 2.05) is 30.3 Å². The summed E-state index contributed by atoms with van der Waals surface area (Å²) in [6, 6.07) is 16.2. The average Bonchev–Trinajstić information content (AvgIpc) is 2.96. The highest BCUT2D eigenvalue weighted by Gasteiger charge is 2.10. The fraction of sp³-hybridized carbons (Fsp3) is 0.316. The number of hydrogen-bond donors (Lipinski definition) is 1. The lowest BCUT2D eigenvalue weighted by Gasteiger charge is -2.10. The molecule has 0 unspecified atom stereocenters. The van der Waals surface area contributed by atoms with E-state index in [2.05, 4.69) is 34.7 Å². The maximum Gasteiger partial charge on any atom is 0.147 e. The molecule has 1 N–H and O–H groups in total. The van der Waals surface area contributed by atoms with Crippen LogP contribution in [0.5, 0.6) is 5.75 Å². The van der Waals surface area contributed by atoms with Crippen molar-refractivity contribution in [3.63, 3.8) is 0 Å². The van der Waals surface area contributed by atoms with E-state index in [-0.39, 0.29) is 6.61 Å². The van der Waals surface area contributed by atoms with Crippen LogP contribution in [0.25, 0.3) is 11.0 Å². The smallest absolute Gasteiger partial charge is 0.147 e. The van der Waals surface area contributed by atoms with Crippen molar-refractivity contribution in [1.82, 2.24) is 9.55 Å². The van der Waals surface area contributed by atoms with Crippen molar-refractivity contribution in [3.05, 3.63) is 59.9 Å². The van der Waals surface area contributed by atoms with Gasteiger partial charge in [-0.25, -0.2) is 4.98 Å². The van der Waals surface area contributed by atoms with Crippen LogP contribution >= 0.6 is 0 Å². The molecule has 0 aliphatic carbocycles. The Balaban J connectivity index is 1.83. The van der Waals surface area contributed by atoms with Crippen LogP contribution in [0.3, 0.4) is 0 Å². The molecule has 0 fully saturated rings. The van der Waals surface area contributed by atoms with Gasteiger partial charge in [-0.1, -0.05) is 31.2 Å². The van der Waals surface area contributed by atoms with Gasteiger partial charge in [0.25, 0.3) is 0 Å². The van der Waals surface area contributed by atoms with E-state index >= 15 is 0 Å². The number of imidazole rings is 1. The van der Waals surface area contributed by atoms with Gasteiger partial charge < -0.3 is 14.4 Å². The molecule has 0 amide bonds. The number of aryl methyl sites for hydroxylation is 2. The summed E-state index contributed by atoms with van der Waals surface area (Å²) < 4.78 is 8.07. The second kappa shape index (κ2) is 7.29. The van der Waals surface area contributed by atoms with Gasteiger partial charge in [0.05, 0.1) is 11.0 Å². The fourth-order valence-electron chi connectivity index (χ4n) is 2.72. The van der Waals surface area contributed by atoms with Gasteiger partial charge in [-0.05, 0) is 42.7 Å². The molecule has 4 nitrogen and oxygen atoms in total. The van der Waals surface area contributed by atoms with E-state index in [9.17, 15) is 0 Å². The summed E-state index contributed by atoms with van der Waals surface area (Å²) in [6.45, 7) is 3.47. The number of aliphatic hydroxyl groups excluding tert-OH is 1. The predicted octanol–water partition coefficient (Wildman–Crippen LogP) is 3.56. The Morgan fingerprint density at radius 2 is 2.00 bits per heavy atom. The first-order valence-electron chi connectivity index (χ1n) is 8.08. The van der Waals surface area contributed by atoms with Crippen LogP contribution < -0.4 is 4.74 Å². The lowest BCUT2D eigenvalue weighted by molar-refractivity contribution is 0.269. The molecule has 1 heterocycles. The molecule has 0 spiro atoms. The van der Waals surface area contributed by atoms with Crippen molar-refractivity contribution in [1.29, 1.82) is 0 Å². The number of aromatic nitrogens is 2. The normalized spacial score (nSPS) is 11.0. The predicted molar refractivity (Wildman–Crippen MR) is 91.6 cm³/mol. The largest absolute Gasteiger partial charge is 0.486 e. The average molecular weight is 310 g/mol. The number of para-hydroxylation sites is 2. The molecule has 120 valence electrons. The number of benzene rings is 2. The van der Waals surface area contributed by atoms with E-state index in [1.165, 1.54) is 5.56 Å². The number of fused-ring (bicyclic) bond motifs is 1. The number of aliphatic hydroxyl groups is 1. The Labute approximate surface area is 136 Å². The molecule has 3 aromatic rings. The first kappa shape index (κ1) is 15.6. The molecule has 4 heteroatoms. The third kappa shape index (κ3) is 3.54. The molecule has 0 saturated heterocycles. The zero-order valence-corrected chi connectivity index (χ0v) is 13.4. The quantitative estimate of drug-likeness (QED) is 0.726. The van der Waals surface area contributed by atoms with Gasteiger partial charge in [0.2, 0.25) is 0 Å². The Hall–Kier alpha value is -2.33. The van der Waals surface area contributed by atoms with E-state index in [0.29, 0.717) is 13.0 Å². The number of ether oxygens (including phenoxy) is 1. The second-order valence-corrected chi connectivity index (χ2v) is 5.54. The summed E-state index contributed by atoms with van der Waals surface area (Å²) in [7, 11) is 0. The van der Waals surface area contributed by atoms with Crippen LogP contribution in [0.15, 0.2) is 48.5 Å². The molecular weight excluding hydrogens is 288 g/mol. The van der Waals surface area contributed by atoms with Gasteiger partial charge in [0.1, 0.15) is 18.2 Å². The Morgan fingerprint density at radius 1 is 1.13 bits per heavy atom. The van der Waals surface area contributed by atoms with Crippen LogP contribution in [0.1, 0.15) is 24.7 Å². The van der Waals surface area contributed by atoms with E-state index < -0.39 is 0 Å². The van der Waals surface area contributed by atoms with Crippen LogP contribution in [0.2, 0.25) is 0 Å². The topological polar surface area (TPSA) is 47.3 Å². The molecule has 0 aliphatic rings. The minimum absolute atomic E-state index is 0.172. The lowest BCUT2D eigenvalue weighted by Crippen LogP contribution is -2.08. The maximum atomic E-state index is 9.13. The Morgan fingerprint density at radius 3 is 2.83 bits per heavy atom. The summed E-state index contributed by atoms with van der Waals surface area (Å²) >= 11 is 0. The lowest BCUT2D eigenvalue weighted by atomic mass is 10.2. The van der Waals surface area contributed by atoms with Crippen LogP contribution in [0.4, 0.5) is 0 Å². The van der Waals surface area contributed by atoms with Crippen LogP contribution in [-0.2, 0) is 19.6 Å². The van der Waals surface area contributed by atoms with Crippen molar-refractivity contribution in [2.24, 2.45) is 0 Å². The van der Waals surface area contributed by atoms with Crippen molar-refractivity contribution in [3.8, 4) is 5.75 Å². The van der Waals surface area contributed by atoms with E-state index in [4.69, 9.17) is 9.84 Å². The van der Waals surface area contributed by atoms with Crippen LogP contribution in [-0.4, -0.2) is 21.3 Å². The zero-order valence-electron chi connectivity index (χ0n) is 13.4. The molecule has 0 bridgehead atoms. The van der Waals surface area contributed by atoms with Crippen molar-refractivity contribution >= 4 is 11.0 Å². The molecule has 0 saturated carbocycles. The van der Waals surface area contributed by atoms with E-state index in [1.54, 1.807) is 0 Å². The molecule has 0 atom stereocenters. The van der Waals surface area contributed by atoms with Gasteiger partial charge in [-0.2, -0.15) is 0 Å². The molecule has 23 heavy (non-hydrogen) atoms. The number of rotatable bonds is 7. The SMILES string of the molecule is CCc1cccc(OCc2nc3ccccc3n2CCCO)c1. The summed E-state index contributed by atoms with van der Waals surface area (Å²) in [4.78, 5) is 4.68. The molecule has 3 rings (SSSR count).